The fourth-order valence-electron chi connectivity index (χ4n) is 3.08. The Labute approximate surface area is 150 Å². The molecule has 26 heavy (non-hydrogen) atoms. The van der Waals surface area contributed by atoms with E-state index in [-0.39, 0.29) is 0 Å². The number of oxazole rings is 1. The summed E-state index contributed by atoms with van der Waals surface area (Å²) in [5, 5.41) is 0. The molecular formula is C23H15NO2. The van der Waals surface area contributed by atoms with E-state index in [9.17, 15) is 0 Å². The SMILES string of the molecule is c1ccc(-c2ccc(-c3nc4cc(-c5ccco5)ccc4o3)cc2)cc1. The minimum atomic E-state index is 0.621. The Morgan fingerprint density at radius 2 is 1.35 bits per heavy atom. The van der Waals surface area contributed by atoms with Gasteiger partial charge in [0.2, 0.25) is 5.89 Å². The highest BCUT2D eigenvalue weighted by atomic mass is 16.3. The summed E-state index contributed by atoms with van der Waals surface area (Å²) in [6.45, 7) is 0. The molecule has 2 heterocycles. The van der Waals surface area contributed by atoms with Crippen LogP contribution in [0.3, 0.4) is 0 Å². The van der Waals surface area contributed by atoms with Gasteiger partial charge in [0, 0.05) is 11.1 Å². The lowest BCUT2D eigenvalue weighted by atomic mass is 10.0. The molecule has 0 aliphatic rings. The largest absolute Gasteiger partial charge is 0.464 e. The van der Waals surface area contributed by atoms with Crippen LogP contribution in [-0.2, 0) is 0 Å². The van der Waals surface area contributed by atoms with Gasteiger partial charge in [-0.05, 0) is 53.6 Å². The third kappa shape index (κ3) is 2.60. The van der Waals surface area contributed by atoms with E-state index in [0.29, 0.717) is 5.89 Å². The minimum absolute atomic E-state index is 0.621. The minimum Gasteiger partial charge on any atom is -0.464 e. The number of benzene rings is 3. The van der Waals surface area contributed by atoms with E-state index in [4.69, 9.17) is 8.83 Å². The van der Waals surface area contributed by atoms with E-state index in [2.05, 4.69) is 29.2 Å². The predicted octanol–water partition coefficient (Wildman–Crippen LogP) is 6.42. The second-order valence-corrected chi connectivity index (χ2v) is 6.12. The lowest BCUT2D eigenvalue weighted by molar-refractivity contribution is 0.582. The number of rotatable bonds is 3. The summed E-state index contributed by atoms with van der Waals surface area (Å²) in [4.78, 5) is 4.65. The van der Waals surface area contributed by atoms with E-state index < -0.39 is 0 Å². The zero-order valence-corrected chi connectivity index (χ0v) is 13.9. The first-order chi connectivity index (χ1) is 12.9. The molecule has 3 heteroatoms. The second kappa shape index (κ2) is 6.05. The molecule has 0 unspecified atom stereocenters. The van der Waals surface area contributed by atoms with Crippen molar-refractivity contribution in [2.45, 2.75) is 0 Å². The zero-order valence-electron chi connectivity index (χ0n) is 13.9. The van der Waals surface area contributed by atoms with Crippen molar-refractivity contribution in [2.24, 2.45) is 0 Å². The molecule has 0 aliphatic heterocycles. The Balaban J connectivity index is 1.51. The quantitative estimate of drug-likeness (QED) is 0.381. The van der Waals surface area contributed by atoms with Gasteiger partial charge in [0.25, 0.3) is 0 Å². The summed E-state index contributed by atoms with van der Waals surface area (Å²) in [7, 11) is 0. The summed E-state index contributed by atoms with van der Waals surface area (Å²) >= 11 is 0. The number of fused-ring (bicyclic) bond motifs is 1. The number of hydrogen-bond donors (Lipinski definition) is 0. The van der Waals surface area contributed by atoms with Gasteiger partial charge in [-0.2, -0.15) is 0 Å². The third-order valence-electron chi connectivity index (χ3n) is 4.43. The zero-order chi connectivity index (χ0) is 17.3. The van der Waals surface area contributed by atoms with Crippen LogP contribution in [0.5, 0.6) is 0 Å². The Kier molecular flexibility index (Phi) is 3.42. The van der Waals surface area contributed by atoms with Crippen molar-refractivity contribution >= 4 is 11.1 Å². The maximum Gasteiger partial charge on any atom is 0.227 e. The lowest BCUT2D eigenvalue weighted by Crippen LogP contribution is -1.80. The van der Waals surface area contributed by atoms with Crippen molar-refractivity contribution in [1.29, 1.82) is 0 Å². The summed E-state index contributed by atoms with van der Waals surface area (Å²) in [6.07, 6.45) is 1.67. The average molecular weight is 337 g/mol. The number of nitrogens with zero attached hydrogens (tertiary/aromatic N) is 1. The Morgan fingerprint density at radius 3 is 2.12 bits per heavy atom. The number of hydrogen-bond acceptors (Lipinski definition) is 3. The normalized spacial score (nSPS) is 11.1. The third-order valence-corrected chi connectivity index (χ3v) is 4.43. The van der Waals surface area contributed by atoms with Crippen molar-refractivity contribution in [1.82, 2.24) is 4.98 Å². The van der Waals surface area contributed by atoms with Crippen LogP contribution in [0.1, 0.15) is 0 Å². The molecule has 0 saturated heterocycles. The van der Waals surface area contributed by atoms with Crippen LogP contribution in [0.2, 0.25) is 0 Å². The molecule has 0 fully saturated rings. The predicted molar refractivity (Wildman–Crippen MR) is 103 cm³/mol. The van der Waals surface area contributed by atoms with Crippen molar-refractivity contribution in [3.05, 3.63) is 91.2 Å². The molecule has 5 aromatic rings. The molecule has 0 aliphatic carbocycles. The van der Waals surface area contributed by atoms with E-state index in [0.717, 1.165) is 28.0 Å². The van der Waals surface area contributed by atoms with E-state index >= 15 is 0 Å². The van der Waals surface area contributed by atoms with Crippen molar-refractivity contribution in [3.8, 4) is 33.9 Å². The molecule has 0 radical (unpaired) electrons. The van der Waals surface area contributed by atoms with Crippen molar-refractivity contribution in [2.75, 3.05) is 0 Å². The van der Waals surface area contributed by atoms with Crippen LogP contribution in [0.15, 0.2) is 100 Å². The van der Waals surface area contributed by atoms with Gasteiger partial charge in [0.05, 0.1) is 6.26 Å². The molecule has 0 amide bonds. The molecule has 3 aromatic carbocycles. The van der Waals surface area contributed by atoms with Gasteiger partial charge in [0.1, 0.15) is 11.3 Å². The summed E-state index contributed by atoms with van der Waals surface area (Å²) in [5.74, 6) is 1.44. The fraction of sp³-hybridized carbons (Fsp3) is 0. The molecule has 5 rings (SSSR count). The van der Waals surface area contributed by atoms with E-state index in [1.807, 2.05) is 60.7 Å². The van der Waals surface area contributed by atoms with E-state index in [1.54, 1.807) is 6.26 Å². The van der Waals surface area contributed by atoms with Crippen LogP contribution >= 0.6 is 0 Å². The molecule has 3 nitrogen and oxygen atoms in total. The van der Waals surface area contributed by atoms with Crippen LogP contribution < -0.4 is 0 Å². The van der Waals surface area contributed by atoms with Gasteiger partial charge in [-0.1, -0.05) is 42.5 Å². The Morgan fingerprint density at radius 1 is 0.615 bits per heavy atom. The van der Waals surface area contributed by atoms with Crippen LogP contribution in [0.4, 0.5) is 0 Å². The maximum absolute atomic E-state index is 5.93. The Bertz CT molecular complexity index is 1150. The van der Waals surface area contributed by atoms with Gasteiger partial charge in [0.15, 0.2) is 5.58 Å². The molecule has 0 saturated carbocycles. The highest BCUT2D eigenvalue weighted by molar-refractivity contribution is 5.81. The summed E-state index contributed by atoms with van der Waals surface area (Å²) < 4.78 is 11.4. The van der Waals surface area contributed by atoms with Gasteiger partial charge in [-0.3, -0.25) is 0 Å². The highest BCUT2D eigenvalue weighted by Crippen LogP contribution is 2.29. The first-order valence-corrected chi connectivity index (χ1v) is 8.47. The molecule has 0 N–H and O–H groups in total. The van der Waals surface area contributed by atoms with Crippen LogP contribution in [-0.4, -0.2) is 4.98 Å². The van der Waals surface area contributed by atoms with Crippen molar-refractivity contribution in [3.63, 3.8) is 0 Å². The average Bonchev–Trinajstić information content (AvgIpc) is 3.38. The maximum atomic E-state index is 5.93. The molecule has 2 aromatic heterocycles. The smallest absolute Gasteiger partial charge is 0.227 e. The number of furan rings is 1. The van der Waals surface area contributed by atoms with Crippen LogP contribution in [0.25, 0.3) is 45.0 Å². The van der Waals surface area contributed by atoms with Gasteiger partial charge in [-0.15, -0.1) is 0 Å². The molecule has 124 valence electrons. The van der Waals surface area contributed by atoms with Gasteiger partial charge >= 0.3 is 0 Å². The van der Waals surface area contributed by atoms with Crippen LogP contribution in [0, 0.1) is 0 Å². The molecule has 0 spiro atoms. The summed E-state index contributed by atoms with van der Waals surface area (Å²) in [6, 6.07) is 28.3. The molecular weight excluding hydrogens is 322 g/mol. The lowest BCUT2D eigenvalue weighted by Gasteiger charge is -2.02. The van der Waals surface area contributed by atoms with Crippen molar-refractivity contribution < 1.29 is 8.83 Å². The highest BCUT2D eigenvalue weighted by Gasteiger charge is 2.10. The first kappa shape index (κ1) is 14.7. The topological polar surface area (TPSA) is 39.2 Å². The van der Waals surface area contributed by atoms with E-state index in [1.165, 1.54) is 11.1 Å². The number of aromatic nitrogens is 1. The first-order valence-electron chi connectivity index (χ1n) is 8.47. The van der Waals surface area contributed by atoms with Gasteiger partial charge in [-0.25, -0.2) is 4.98 Å². The van der Waals surface area contributed by atoms with Gasteiger partial charge < -0.3 is 8.83 Å². The fourth-order valence-corrected chi connectivity index (χ4v) is 3.08. The standard InChI is InChI=1S/C23H15NO2/c1-2-5-16(6-3-1)17-8-10-18(11-9-17)23-24-20-15-19(12-13-22(20)26-23)21-7-4-14-25-21/h1-15H. The second-order valence-electron chi connectivity index (χ2n) is 6.12. The molecule has 0 atom stereocenters. The summed E-state index contributed by atoms with van der Waals surface area (Å²) in [5.41, 5.74) is 5.90. The molecule has 0 bridgehead atoms. The monoisotopic (exact) mass is 337 g/mol. The Hall–Kier alpha value is -3.59.